The van der Waals surface area contributed by atoms with Crippen molar-refractivity contribution in [2.24, 2.45) is 11.7 Å². The third-order valence-electron chi connectivity index (χ3n) is 6.30. The van der Waals surface area contributed by atoms with Gasteiger partial charge in [0.05, 0.1) is 18.0 Å². The second-order valence-electron chi connectivity index (χ2n) is 8.69. The molecule has 1 aromatic carbocycles. The number of halogens is 3. The van der Waals surface area contributed by atoms with Crippen LogP contribution in [0, 0.1) is 17.6 Å². The average Bonchev–Trinajstić information content (AvgIpc) is 2.83. The first-order valence-electron chi connectivity index (χ1n) is 11.0. The number of nitrogens with two attached hydrogens (primary N) is 1. The van der Waals surface area contributed by atoms with Crippen LogP contribution in [0.2, 0.25) is 0 Å². The van der Waals surface area contributed by atoms with Crippen molar-refractivity contribution >= 4 is 11.6 Å². The van der Waals surface area contributed by atoms with Crippen molar-refractivity contribution in [3.63, 3.8) is 0 Å². The van der Waals surface area contributed by atoms with Crippen LogP contribution in [0.25, 0.3) is 11.3 Å². The maximum Gasteiger partial charge on any atom is 0.274 e. The number of carbonyl (C=O) groups excluding carboxylic acids is 1. The van der Waals surface area contributed by atoms with E-state index in [1.54, 1.807) is 12.3 Å². The molecule has 1 fully saturated rings. The molecule has 0 bridgehead atoms. The summed E-state index contributed by atoms with van der Waals surface area (Å²) < 4.78 is 41.8. The van der Waals surface area contributed by atoms with Crippen LogP contribution in [0.3, 0.4) is 0 Å². The van der Waals surface area contributed by atoms with Gasteiger partial charge in [-0.05, 0) is 66.1 Å². The molecule has 1 amide bonds. The van der Waals surface area contributed by atoms with E-state index >= 15 is 0 Å². The van der Waals surface area contributed by atoms with Crippen molar-refractivity contribution < 1.29 is 23.1 Å². The molecule has 9 heteroatoms. The molecule has 0 unspecified atom stereocenters. The molecule has 1 aliphatic carbocycles. The van der Waals surface area contributed by atoms with Gasteiger partial charge in [0.25, 0.3) is 5.91 Å². The standard InChI is InChI=1S/C25H25F3N4O2/c1-13-8-15(10-20(29)24(13)33)16-6-7-30-12-22(16)32-25(34)21-5-4-19(28)23(31-21)17-9-14(11-26)2-3-18(17)27/h2-7,9,12-13,15,20,24,33H,8,10-11,29H2,1H3,(H,32,34)/t13-,15+,20+,24+/m0/s1. The number of hydrogen-bond acceptors (Lipinski definition) is 5. The average molecular weight is 470 g/mol. The van der Waals surface area contributed by atoms with Gasteiger partial charge in [0.15, 0.2) is 0 Å². The molecule has 0 aliphatic heterocycles. The number of aliphatic hydroxyl groups excluding tert-OH is 1. The van der Waals surface area contributed by atoms with Gasteiger partial charge in [-0.3, -0.25) is 9.78 Å². The lowest BCUT2D eigenvalue weighted by atomic mass is 9.74. The Morgan fingerprint density at radius 3 is 2.68 bits per heavy atom. The summed E-state index contributed by atoms with van der Waals surface area (Å²) in [6.07, 6.45) is 3.76. The minimum Gasteiger partial charge on any atom is -0.391 e. The topological polar surface area (TPSA) is 101 Å². The third kappa shape index (κ3) is 4.80. The van der Waals surface area contributed by atoms with Crippen molar-refractivity contribution in [3.05, 3.63) is 77.2 Å². The highest BCUT2D eigenvalue weighted by Gasteiger charge is 2.34. The predicted octanol–water partition coefficient (Wildman–Crippen LogP) is 4.35. The number of pyridine rings is 2. The Morgan fingerprint density at radius 1 is 1.18 bits per heavy atom. The van der Waals surface area contributed by atoms with Crippen LogP contribution in [-0.4, -0.2) is 33.1 Å². The number of anilines is 1. The number of nitrogens with zero attached hydrogens (tertiary/aromatic N) is 2. The van der Waals surface area contributed by atoms with E-state index in [1.807, 2.05) is 6.92 Å². The monoisotopic (exact) mass is 470 g/mol. The van der Waals surface area contributed by atoms with Gasteiger partial charge in [-0.1, -0.05) is 13.0 Å². The molecule has 4 N–H and O–H groups in total. The minimum absolute atomic E-state index is 0.000902. The number of alkyl halides is 1. The number of nitrogens with one attached hydrogen (secondary N) is 1. The zero-order chi connectivity index (χ0) is 24.4. The fourth-order valence-electron chi connectivity index (χ4n) is 4.47. The Hall–Kier alpha value is -3.30. The zero-order valence-corrected chi connectivity index (χ0v) is 18.5. The van der Waals surface area contributed by atoms with Gasteiger partial charge in [0.1, 0.15) is 29.7 Å². The fraction of sp³-hybridized carbons (Fsp3) is 0.320. The number of hydrogen-bond donors (Lipinski definition) is 3. The van der Waals surface area contributed by atoms with Gasteiger partial charge in [-0.2, -0.15) is 0 Å². The van der Waals surface area contributed by atoms with Crippen molar-refractivity contribution in [1.82, 2.24) is 9.97 Å². The Labute approximate surface area is 195 Å². The molecule has 3 aromatic rings. The van der Waals surface area contributed by atoms with E-state index < -0.39 is 30.3 Å². The van der Waals surface area contributed by atoms with Gasteiger partial charge in [-0.15, -0.1) is 0 Å². The first-order valence-corrected chi connectivity index (χ1v) is 11.0. The summed E-state index contributed by atoms with van der Waals surface area (Å²) in [5, 5.41) is 12.9. The third-order valence-corrected chi connectivity index (χ3v) is 6.30. The number of benzene rings is 1. The van der Waals surface area contributed by atoms with Crippen molar-refractivity contribution in [1.29, 1.82) is 0 Å². The lowest BCUT2D eigenvalue weighted by molar-refractivity contribution is 0.0521. The Kier molecular flexibility index (Phi) is 6.95. The molecule has 1 saturated carbocycles. The molecule has 34 heavy (non-hydrogen) atoms. The Balaban J connectivity index is 1.62. The highest BCUT2D eigenvalue weighted by molar-refractivity contribution is 6.03. The van der Waals surface area contributed by atoms with Crippen LogP contribution in [0.15, 0.2) is 48.8 Å². The molecule has 0 saturated heterocycles. The van der Waals surface area contributed by atoms with Crippen molar-refractivity contribution in [2.45, 2.75) is 44.5 Å². The number of carbonyl (C=O) groups is 1. The van der Waals surface area contributed by atoms with E-state index in [2.05, 4.69) is 15.3 Å². The van der Waals surface area contributed by atoms with Crippen LogP contribution in [0.4, 0.5) is 18.9 Å². The van der Waals surface area contributed by atoms with E-state index in [0.717, 1.165) is 17.7 Å². The van der Waals surface area contributed by atoms with Crippen LogP contribution in [0.1, 0.15) is 47.3 Å². The lowest BCUT2D eigenvalue weighted by Crippen LogP contribution is -2.44. The molecule has 178 valence electrons. The number of amides is 1. The fourth-order valence-corrected chi connectivity index (χ4v) is 4.47. The zero-order valence-electron chi connectivity index (χ0n) is 18.5. The largest absolute Gasteiger partial charge is 0.391 e. The quantitative estimate of drug-likeness (QED) is 0.515. The van der Waals surface area contributed by atoms with E-state index in [0.29, 0.717) is 18.5 Å². The highest BCUT2D eigenvalue weighted by Crippen LogP contribution is 2.38. The van der Waals surface area contributed by atoms with E-state index in [1.165, 1.54) is 24.4 Å². The molecule has 2 heterocycles. The second-order valence-corrected chi connectivity index (χ2v) is 8.69. The molecular weight excluding hydrogens is 445 g/mol. The van der Waals surface area contributed by atoms with Gasteiger partial charge < -0.3 is 16.2 Å². The predicted molar refractivity (Wildman–Crippen MR) is 122 cm³/mol. The van der Waals surface area contributed by atoms with Crippen LogP contribution in [0.5, 0.6) is 0 Å². The number of aliphatic hydroxyl groups is 1. The molecular formula is C25H25F3N4O2. The summed E-state index contributed by atoms with van der Waals surface area (Å²) >= 11 is 0. The highest BCUT2D eigenvalue weighted by atomic mass is 19.1. The van der Waals surface area contributed by atoms with E-state index in [9.17, 15) is 23.1 Å². The van der Waals surface area contributed by atoms with Gasteiger partial charge in [-0.25, -0.2) is 18.2 Å². The summed E-state index contributed by atoms with van der Waals surface area (Å²) in [5.74, 6) is -2.26. The summed E-state index contributed by atoms with van der Waals surface area (Å²) in [4.78, 5) is 21.1. The molecule has 6 nitrogen and oxygen atoms in total. The molecule has 0 spiro atoms. The molecule has 0 radical (unpaired) electrons. The minimum atomic E-state index is -0.848. The SMILES string of the molecule is C[C@H]1C[C@@H](c2ccncc2NC(=O)c2ccc(F)c(-c3cc(CF)ccc3F)n2)C[C@@H](N)[C@@H]1O. The second kappa shape index (κ2) is 9.90. The maximum absolute atomic E-state index is 14.5. The summed E-state index contributed by atoms with van der Waals surface area (Å²) in [5.41, 5.74) is 6.79. The Morgan fingerprint density at radius 2 is 1.94 bits per heavy atom. The number of rotatable bonds is 5. The van der Waals surface area contributed by atoms with Gasteiger partial charge >= 0.3 is 0 Å². The molecule has 4 atom stereocenters. The van der Waals surface area contributed by atoms with Crippen LogP contribution >= 0.6 is 0 Å². The summed E-state index contributed by atoms with van der Waals surface area (Å²) in [6, 6.07) is 7.08. The lowest BCUT2D eigenvalue weighted by Gasteiger charge is -2.36. The van der Waals surface area contributed by atoms with Crippen molar-refractivity contribution in [3.8, 4) is 11.3 Å². The molecule has 1 aliphatic rings. The Bertz CT molecular complexity index is 1190. The van der Waals surface area contributed by atoms with Crippen LogP contribution < -0.4 is 11.1 Å². The van der Waals surface area contributed by atoms with E-state index in [4.69, 9.17) is 5.73 Å². The first-order chi connectivity index (χ1) is 16.3. The van der Waals surface area contributed by atoms with E-state index in [-0.39, 0.29) is 40.4 Å². The first kappa shape index (κ1) is 23.8. The molecule has 2 aromatic heterocycles. The van der Waals surface area contributed by atoms with Crippen molar-refractivity contribution in [2.75, 3.05) is 5.32 Å². The normalized spacial score (nSPS) is 22.4. The maximum atomic E-state index is 14.5. The summed E-state index contributed by atoms with van der Waals surface area (Å²) in [6.45, 7) is 1.08. The smallest absolute Gasteiger partial charge is 0.274 e. The van der Waals surface area contributed by atoms with Gasteiger partial charge in [0.2, 0.25) is 0 Å². The number of aromatic nitrogens is 2. The molecule has 4 rings (SSSR count). The summed E-state index contributed by atoms with van der Waals surface area (Å²) in [7, 11) is 0. The van der Waals surface area contributed by atoms with Crippen LogP contribution in [-0.2, 0) is 6.67 Å². The van der Waals surface area contributed by atoms with Gasteiger partial charge in [0, 0.05) is 17.8 Å².